The Hall–Kier alpha value is -4.19. The van der Waals surface area contributed by atoms with Crippen molar-refractivity contribution in [1.82, 2.24) is 0 Å². The molecule has 0 saturated heterocycles. The first-order chi connectivity index (χ1) is 40.5. The third-order valence-electron chi connectivity index (χ3n) is 14.7. The number of ether oxygens (including phenoxy) is 3. The lowest BCUT2D eigenvalue weighted by Crippen LogP contribution is -2.30. The lowest BCUT2D eigenvalue weighted by Gasteiger charge is -2.18. The van der Waals surface area contributed by atoms with Crippen LogP contribution in [0.5, 0.6) is 0 Å². The highest BCUT2D eigenvalue weighted by Crippen LogP contribution is 2.16. The first kappa shape index (κ1) is 77.8. The van der Waals surface area contributed by atoms with Crippen molar-refractivity contribution >= 4 is 17.9 Å². The van der Waals surface area contributed by atoms with Gasteiger partial charge in [0.15, 0.2) is 6.10 Å². The summed E-state index contributed by atoms with van der Waals surface area (Å²) in [7, 11) is 0. The van der Waals surface area contributed by atoms with Crippen LogP contribution in [0.2, 0.25) is 0 Å². The second-order valence-electron chi connectivity index (χ2n) is 22.7. The third-order valence-corrected chi connectivity index (χ3v) is 14.7. The molecule has 0 aliphatic rings. The van der Waals surface area contributed by atoms with Gasteiger partial charge in [0.2, 0.25) is 0 Å². The highest BCUT2D eigenvalue weighted by molar-refractivity contribution is 5.71. The van der Waals surface area contributed by atoms with Crippen LogP contribution in [0.3, 0.4) is 0 Å². The van der Waals surface area contributed by atoms with Gasteiger partial charge in [0.05, 0.1) is 0 Å². The molecule has 82 heavy (non-hydrogen) atoms. The molecule has 468 valence electrons. The minimum absolute atomic E-state index is 0.0905. The van der Waals surface area contributed by atoms with E-state index in [2.05, 4.69) is 142 Å². The normalized spacial score (nSPS) is 12.9. The Morgan fingerprint density at radius 1 is 0.256 bits per heavy atom. The lowest BCUT2D eigenvalue weighted by molar-refractivity contribution is -0.167. The number of hydrogen-bond acceptors (Lipinski definition) is 6. The number of carbonyl (C=O) groups excluding carboxylic acids is 3. The fraction of sp³-hybridized carbons (Fsp3) is 0.697. The van der Waals surface area contributed by atoms with Crippen molar-refractivity contribution in [2.75, 3.05) is 13.2 Å². The summed E-state index contributed by atoms with van der Waals surface area (Å²) in [5, 5.41) is 0. The van der Waals surface area contributed by atoms with E-state index >= 15 is 0 Å². The molecular weight excluding hydrogens is 1010 g/mol. The minimum Gasteiger partial charge on any atom is -0.462 e. The van der Waals surface area contributed by atoms with E-state index in [4.69, 9.17) is 14.2 Å². The Balaban J connectivity index is 4.41. The number of esters is 3. The molecule has 1 unspecified atom stereocenters. The van der Waals surface area contributed by atoms with Crippen LogP contribution >= 0.6 is 0 Å². The van der Waals surface area contributed by atoms with E-state index in [0.717, 1.165) is 141 Å². The summed E-state index contributed by atoms with van der Waals surface area (Å²) in [6.07, 6.45) is 96.3. The predicted octanol–water partition coefficient (Wildman–Crippen LogP) is 23.9. The molecule has 0 aliphatic carbocycles. The number of unbranched alkanes of at least 4 members (excludes halogenated alkanes) is 31. The van der Waals surface area contributed by atoms with E-state index in [9.17, 15) is 14.4 Å². The standard InChI is InChI=1S/C76H128O6/c1-4-7-10-13-16-19-22-25-28-31-33-35-37-38-40-41-43-45-48-51-54-57-60-63-66-69-75(78)81-72-73(71-80-74(77)68-65-62-59-56-53-50-47-30-27-24-21-18-15-12-9-6-3)82-76(79)70-67-64-61-58-55-52-49-46-44-42-39-36-34-32-29-26-23-20-17-14-11-8-5-2/h7,10,16,19,21,23-26,28,30,32-35,38-40,42,47,73H,4-6,8-9,11-15,17-18,20,22,27,29,31,36-37,41,43-46,48-72H2,1-3H3/b10-7-,19-16-,24-21-,26-23-,28-25-,34-32-,35-33-,40-38-,42-39-,47-30-. The first-order valence-corrected chi connectivity index (χ1v) is 34.5. The van der Waals surface area contributed by atoms with Gasteiger partial charge in [0, 0.05) is 19.3 Å². The monoisotopic (exact) mass is 1140 g/mol. The smallest absolute Gasteiger partial charge is 0.306 e. The molecule has 6 nitrogen and oxygen atoms in total. The summed E-state index contributed by atoms with van der Waals surface area (Å²) >= 11 is 0. The fourth-order valence-corrected chi connectivity index (χ4v) is 9.51. The van der Waals surface area contributed by atoms with Gasteiger partial charge >= 0.3 is 17.9 Å². The van der Waals surface area contributed by atoms with Gasteiger partial charge in [0.25, 0.3) is 0 Å². The Morgan fingerprint density at radius 3 is 0.756 bits per heavy atom. The molecular formula is C76H128O6. The topological polar surface area (TPSA) is 78.9 Å². The second kappa shape index (κ2) is 69.3. The molecule has 0 aromatic rings. The maximum absolute atomic E-state index is 13.0. The number of hydrogen-bond donors (Lipinski definition) is 0. The summed E-state index contributed by atoms with van der Waals surface area (Å²) in [5.41, 5.74) is 0. The van der Waals surface area contributed by atoms with E-state index in [1.807, 2.05) is 0 Å². The van der Waals surface area contributed by atoms with Gasteiger partial charge in [0.1, 0.15) is 13.2 Å². The average Bonchev–Trinajstić information content (AvgIpc) is 3.47. The zero-order valence-corrected chi connectivity index (χ0v) is 53.7. The summed E-state index contributed by atoms with van der Waals surface area (Å²) in [5.74, 6) is -0.908. The summed E-state index contributed by atoms with van der Waals surface area (Å²) in [4.78, 5) is 38.5. The molecule has 0 N–H and O–H groups in total. The van der Waals surface area contributed by atoms with E-state index in [-0.39, 0.29) is 31.1 Å². The average molecular weight is 1140 g/mol. The Bertz CT molecular complexity index is 1690. The van der Waals surface area contributed by atoms with Crippen LogP contribution < -0.4 is 0 Å². The summed E-state index contributed by atoms with van der Waals surface area (Å²) < 4.78 is 17.0. The van der Waals surface area contributed by atoms with Crippen LogP contribution in [-0.2, 0) is 28.6 Å². The number of rotatable bonds is 62. The fourth-order valence-electron chi connectivity index (χ4n) is 9.51. The first-order valence-electron chi connectivity index (χ1n) is 34.5. The third kappa shape index (κ3) is 66.6. The quantitative estimate of drug-likeness (QED) is 0.0261. The van der Waals surface area contributed by atoms with Crippen LogP contribution in [0.1, 0.15) is 323 Å². The maximum atomic E-state index is 13.0. The summed E-state index contributed by atoms with van der Waals surface area (Å²) in [6, 6.07) is 0. The van der Waals surface area contributed by atoms with Crippen LogP contribution in [0.4, 0.5) is 0 Å². The molecule has 0 radical (unpaired) electrons. The largest absolute Gasteiger partial charge is 0.462 e. The van der Waals surface area contributed by atoms with Crippen molar-refractivity contribution in [2.24, 2.45) is 0 Å². The van der Waals surface area contributed by atoms with Crippen molar-refractivity contribution < 1.29 is 28.6 Å². The molecule has 0 bridgehead atoms. The zero-order chi connectivity index (χ0) is 59.2. The second-order valence-corrected chi connectivity index (χ2v) is 22.7. The van der Waals surface area contributed by atoms with Gasteiger partial charge < -0.3 is 14.2 Å². The maximum Gasteiger partial charge on any atom is 0.306 e. The van der Waals surface area contributed by atoms with E-state index in [0.29, 0.717) is 19.3 Å². The van der Waals surface area contributed by atoms with Crippen LogP contribution in [0, 0.1) is 0 Å². The van der Waals surface area contributed by atoms with E-state index in [1.54, 1.807) is 0 Å². The Morgan fingerprint density at radius 2 is 0.476 bits per heavy atom. The van der Waals surface area contributed by atoms with Gasteiger partial charge in [-0.05, 0) is 135 Å². The van der Waals surface area contributed by atoms with Crippen LogP contribution in [0.25, 0.3) is 0 Å². The van der Waals surface area contributed by atoms with Crippen molar-refractivity contribution in [3.8, 4) is 0 Å². The molecule has 0 rings (SSSR count). The number of allylic oxidation sites excluding steroid dienone is 20. The van der Waals surface area contributed by atoms with Gasteiger partial charge in [-0.2, -0.15) is 0 Å². The molecule has 0 spiro atoms. The molecule has 0 aromatic heterocycles. The van der Waals surface area contributed by atoms with Crippen molar-refractivity contribution in [2.45, 2.75) is 329 Å². The summed E-state index contributed by atoms with van der Waals surface area (Å²) in [6.45, 7) is 6.50. The molecule has 0 amide bonds. The molecule has 0 aliphatic heterocycles. The van der Waals surface area contributed by atoms with Crippen LogP contribution in [-0.4, -0.2) is 37.2 Å². The van der Waals surface area contributed by atoms with Gasteiger partial charge in [-0.3, -0.25) is 14.4 Å². The molecule has 0 aromatic carbocycles. The number of carbonyl (C=O) groups is 3. The highest BCUT2D eigenvalue weighted by Gasteiger charge is 2.19. The van der Waals surface area contributed by atoms with E-state index in [1.165, 1.54) is 141 Å². The molecule has 0 fully saturated rings. The van der Waals surface area contributed by atoms with Crippen LogP contribution in [0.15, 0.2) is 122 Å². The molecule has 0 saturated carbocycles. The van der Waals surface area contributed by atoms with Gasteiger partial charge in [-0.1, -0.05) is 290 Å². The predicted molar refractivity (Wildman–Crippen MR) is 357 cm³/mol. The van der Waals surface area contributed by atoms with Gasteiger partial charge in [-0.25, -0.2) is 0 Å². The molecule has 0 heterocycles. The lowest BCUT2D eigenvalue weighted by atomic mass is 10.1. The van der Waals surface area contributed by atoms with Crippen molar-refractivity contribution in [3.05, 3.63) is 122 Å². The SMILES string of the molecule is CC/C=C\C/C=C\C/C=C\C/C=C\C/C=C\CCCCCCCCCCCC(=O)OCC(COC(=O)CCCCCCC/C=C\C/C=C\CCCCCC)OC(=O)CCCCCCCCCC/C=C\C/C=C\C/C=C\CCCCCCC. The zero-order valence-electron chi connectivity index (χ0n) is 53.7. The Kier molecular flexibility index (Phi) is 65.8. The molecule has 1 atom stereocenters. The van der Waals surface area contributed by atoms with Crippen molar-refractivity contribution in [3.63, 3.8) is 0 Å². The van der Waals surface area contributed by atoms with Gasteiger partial charge in [-0.15, -0.1) is 0 Å². The van der Waals surface area contributed by atoms with E-state index < -0.39 is 6.10 Å². The highest BCUT2D eigenvalue weighted by atomic mass is 16.6. The molecule has 6 heteroatoms. The minimum atomic E-state index is -0.796. The van der Waals surface area contributed by atoms with Crippen molar-refractivity contribution in [1.29, 1.82) is 0 Å². The Labute approximate surface area is 507 Å².